The van der Waals surface area contributed by atoms with Crippen LogP contribution in [0.3, 0.4) is 0 Å². The van der Waals surface area contributed by atoms with Gasteiger partial charge in [-0.25, -0.2) is 4.39 Å². The zero-order valence-electron chi connectivity index (χ0n) is 9.89. The fourth-order valence-corrected chi connectivity index (χ4v) is 1.97. The summed E-state index contributed by atoms with van der Waals surface area (Å²) in [5.41, 5.74) is 5.22. The summed E-state index contributed by atoms with van der Waals surface area (Å²) in [6, 6.07) is 4.84. The molecule has 5 heteroatoms. The van der Waals surface area contributed by atoms with Crippen LogP contribution >= 0.6 is 15.9 Å². The molecule has 0 aliphatic rings. The van der Waals surface area contributed by atoms with Crippen molar-refractivity contribution in [1.29, 1.82) is 0 Å². The van der Waals surface area contributed by atoms with Crippen molar-refractivity contribution in [3.8, 4) is 0 Å². The van der Waals surface area contributed by atoms with Crippen LogP contribution in [0.25, 0.3) is 0 Å². The van der Waals surface area contributed by atoms with Gasteiger partial charge < -0.3 is 11.1 Å². The smallest absolute Gasteiger partial charge is 0.231 e. The van der Waals surface area contributed by atoms with Crippen molar-refractivity contribution < 1.29 is 9.18 Å². The van der Waals surface area contributed by atoms with Gasteiger partial charge in [-0.3, -0.25) is 4.79 Å². The Morgan fingerprint density at radius 3 is 2.76 bits per heavy atom. The van der Waals surface area contributed by atoms with Crippen LogP contribution in [-0.2, 0) is 10.2 Å². The molecule has 0 saturated heterocycles. The van der Waals surface area contributed by atoms with Gasteiger partial charge in [-0.2, -0.15) is 0 Å². The third-order valence-corrected chi connectivity index (χ3v) is 3.02. The second-order valence-corrected chi connectivity index (χ2v) is 5.49. The predicted molar refractivity (Wildman–Crippen MR) is 69.2 cm³/mol. The fourth-order valence-electron chi connectivity index (χ4n) is 1.61. The number of primary amides is 1. The van der Waals surface area contributed by atoms with E-state index < -0.39 is 11.3 Å². The van der Waals surface area contributed by atoms with Gasteiger partial charge in [-0.1, -0.05) is 29.8 Å². The van der Waals surface area contributed by atoms with Gasteiger partial charge in [0, 0.05) is 16.4 Å². The first-order valence-corrected chi connectivity index (χ1v) is 6.07. The Balaban J connectivity index is 2.81. The summed E-state index contributed by atoms with van der Waals surface area (Å²) < 4.78 is 14.5. The van der Waals surface area contributed by atoms with E-state index in [1.165, 1.54) is 6.07 Å². The van der Waals surface area contributed by atoms with Crippen LogP contribution in [0.15, 0.2) is 22.7 Å². The summed E-state index contributed by atoms with van der Waals surface area (Å²) in [5, 5.41) is 2.91. The molecule has 0 aliphatic carbocycles. The normalized spacial score (nSPS) is 11.5. The number of hydrogen-bond acceptors (Lipinski definition) is 2. The molecule has 0 aromatic heterocycles. The highest BCUT2D eigenvalue weighted by Gasteiger charge is 2.24. The number of benzene rings is 1. The summed E-state index contributed by atoms with van der Waals surface area (Å²) in [7, 11) is 0. The Kier molecular flexibility index (Phi) is 4.65. The van der Waals surface area contributed by atoms with Gasteiger partial charge in [0.05, 0.1) is 6.54 Å². The molecule has 3 N–H and O–H groups in total. The lowest BCUT2D eigenvalue weighted by Gasteiger charge is -2.26. The third kappa shape index (κ3) is 4.09. The highest BCUT2D eigenvalue weighted by molar-refractivity contribution is 9.10. The molecule has 0 radical (unpaired) electrons. The summed E-state index contributed by atoms with van der Waals surface area (Å²) >= 11 is 3.32. The van der Waals surface area contributed by atoms with E-state index in [1.807, 2.05) is 13.8 Å². The zero-order chi connectivity index (χ0) is 13.1. The first kappa shape index (κ1) is 14.1. The van der Waals surface area contributed by atoms with Crippen LogP contribution in [0.5, 0.6) is 0 Å². The second-order valence-electron chi connectivity index (χ2n) is 4.58. The van der Waals surface area contributed by atoms with Gasteiger partial charge in [0.2, 0.25) is 5.91 Å². The maximum atomic E-state index is 13.7. The lowest BCUT2D eigenvalue weighted by atomic mass is 9.84. The van der Waals surface area contributed by atoms with Gasteiger partial charge in [0.1, 0.15) is 5.82 Å². The van der Waals surface area contributed by atoms with Crippen LogP contribution in [-0.4, -0.2) is 19.0 Å². The van der Waals surface area contributed by atoms with Crippen molar-refractivity contribution >= 4 is 21.8 Å². The zero-order valence-corrected chi connectivity index (χ0v) is 11.5. The molecule has 1 amide bonds. The molecule has 3 nitrogen and oxygen atoms in total. The van der Waals surface area contributed by atoms with E-state index in [0.717, 1.165) is 4.47 Å². The Morgan fingerprint density at radius 1 is 1.53 bits per heavy atom. The highest BCUT2D eigenvalue weighted by atomic mass is 79.9. The number of carbonyl (C=O) groups is 1. The standard InChI is InChI=1S/C12H16BrFN2O/c1-12(2,7-16-6-11(15)17)9-5-8(13)3-4-10(9)14/h3-5,16H,6-7H2,1-2H3,(H2,15,17). The van der Waals surface area contributed by atoms with Crippen molar-refractivity contribution in [1.82, 2.24) is 5.32 Å². The molecule has 0 bridgehead atoms. The number of nitrogens with two attached hydrogens (primary N) is 1. The van der Waals surface area contributed by atoms with Gasteiger partial charge in [-0.05, 0) is 23.8 Å². The van der Waals surface area contributed by atoms with Crippen molar-refractivity contribution in [2.24, 2.45) is 5.73 Å². The minimum atomic E-state index is -0.421. The molecular weight excluding hydrogens is 287 g/mol. The fraction of sp³-hybridized carbons (Fsp3) is 0.417. The summed E-state index contributed by atoms with van der Waals surface area (Å²) in [4.78, 5) is 10.6. The summed E-state index contributed by atoms with van der Waals surface area (Å²) in [5.74, 6) is -0.672. The van der Waals surface area contributed by atoms with Crippen molar-refractivity contribution in [3.05, 3.63) is 34.1 Å². The average molecular weight is 303 g/mol. The quantitative estimate of drug-likeness (QED) is 0.873. The van der Waals surface area contributed by atoms with Crippen LogP contribution in [0, 0.1) is 5.82 Å². The van der Waals surface area contributed by atoms with Gasteiger partial charge in [0.25, 0.3) is 0 Å². The van der Waals surface area contributed by atoms with E-state index >= 15 is 0 Å². The number of carbonyl (C=O) groups excluding carboxylic acids is 1. The number of rotatable bonds is 5. The van der Waals surface area contributed by atoms with E-state index in [-0.39, 0.29) is 12.4 Å². The minimum absolute atomic E-state index is 0.0963. The molecule has 1 rings (SSSR count). The molecule has 0 fully saturated rings. The number of amides is 1. The summed E-state index contributed by atoms with van der Waals surface area (Å²) in [6.45, 7) is 4.39. The van der Waals surface area contributed by atoms with E-state index in [0.29, 0.717) is 12.1 Å². The third-order valence-electron chi connectivity index (χ3n) is 2.52. The summed E-state index contributed by atoms with van der Waals surface area (Å²) in [6.07, 6.45) is 0. The first-order chi connectivity index (χ1) is 7.83. The lowest BCUT2D eigenvalue weighted by Crippen LogP contribution is -2.38. The Hall–Kier alpha value is -0.940. The molecule has 1 aromatic rings. The maximum absolute atomic E-state index is 13.7. The van der Waals surface area contributed by atoms with Crippen molar-refractivity contribution in [3.63, 3.8) is 0 Å². The topological polar surface area (TPSA) is 55.1 Å². The molecule has 0 unspecified atom stereocenters. The van der Waals surface area contributed by atoms with Gasteiger partial charge in [0.15, 0.2) is 0 Å². The number of hydrogen-bond donors (Lipinski definition) is 2. The van der Waals surface area contributed by atoms with Crippen LogP contribution in [0.2, 0.25) is 0 Å². The first-order valence-electron chi connectivity index (χ1n) is 5.27. The van der Waals surface area contributed by atoms with Crippen molar-refractivity contribution in [2.75, 3.05) is 13.1 Å². The second kappa shape index (κ2) is 5.60. The lowest BCUT2D eigenvalue weighted by molar-refractivity contribution is -0.117. The molecule has 0 saturated carbocycles. The molecule has 17 heavy (non-hydrogen) atoms. The van der Waals surface area contributed by atoms with Crippen molar-refractivity contribution in [2.45, 2.75) is 19.3 Å². The van der Waals surface area contributed by atoms with E-state index in [2.05, 4.69) is 21.2 Å². The SMILES string of the molecule is CC(C)(CNCC(N)=O)c1cc(Br)ccc1F. The minimum Gasteiger partial charge on any atom is -0.369 e. The van der Waals surface area contributed by atoms with Gasteiger partial charge in [-0.15, -0.1) is 0 Å². The van der Waals surface area contributed by atoms with Crippen LogP contribution < -0.4 is 11.1 Å². The monoisotopic (exact) mass is 302 g/mol. The molecule has 0 spiro atoms. The van der Waals surface area contributed by atoms with E-state index in [4.69, 9.17) is 5.73 Å². The average Bonchev–Trinajstić information content (AvgIpc) is 2.20. The van der Waals surface area contributed by atoms with Gasteiger partial charge >= 0.3 is 0 Å². The number of halogens is 2. The molecule has 94 valence electrons. The Morgan fingerprint density at radius 2 is 2.18 bits per heavy atom. The Bertz CT molecular complexity index is 421. The highest BCUT2D eigenvalue weighted by Crippen LogP contribution is 2.27. The van der Waals surface area contributed by atoms with E-state index in [1.54, 1.807) is 12.1 Å². The predicted octanol–water partition coefficient (Wildman–Crippen LogP) is 1.94. The molecular formula is C12H16BrFN2O. The van der Waals surface area contributed by atoms with E-state index in [9.17, 15) is 9.18 Å². The largest absolute Gasteiger partial charge is 0.369 e. The van der Waals surface area contributed by atoms with Crippen LogP contribution in [0.1, 0.15) is 19.4 Å². The molecule has 0 aliphatic heterocycles. The Labute approximate surface area is 109 Å². The van der Waals surface area contributed by atoms with Crippen LogP contribution in [0.4, 0.5) is 4.39 Å². The molecule has 1 aromatic carbocycles. The molecule has 0 heterocycles. The molecule has 0 atom stereocenters. The number of nitrogens with one attached hydrogen (secondary N) is 1. The maximum Gasteiger partial charge on any atom is 0.231 e.